The van der Waals surface area contributed by atoms with Crippen LogP contribution < -0.4 is 5.73 Å². The van der Waals surface area contributed by atoms with Crippen molar-refractivity contribution >= 4 is 17.2 Å². The molecule has 0 aromatic heterocycles. The molecule has 94 valence electrons. The van der Waals surface area contributed by atoms with Crippen molar-refractivity contribution in [3.8, 4) is 0 Å². The Balaban J connectivity index is 2.73. The SMILES string of the molecule is CN(CCCO)Cc1cc(F)cc(C(N)=S)c1. The van der Waals surface area contributed by atoms with Crippen molar-refractivity contribution in [2.24, 2.45) is 5.73 Å². The average molecular weight is 256 g/mol. The normalized spacial score (nSPS) is 10.8. The first kappa shape index (κ1) is 14.0. The second-order valence-corrected chi connectivity index (χ2v) is 4.47. The molecule has 1 aromatic rings. The fourth-order valence-electron chi connectivity index (χ4n) is 1.62. The molecule has 0 aliphatic rings. The van der Waals surface area contributed by atoms with Crippen molar-refractivity contribution in [1.29, 1.82) is 0 Å². The monoisotopic (exact) mass is 256 g/mol. The van der Waals surface area contributed by atoms with E-state index in [1.165, 1.54) is 12.1 Å². The lowest BCUT2D eigenvalue weighted by Crippen LogP contribution is -2.20. The first-order chi connectivity index (χ1) is 8.02. The van der Waals surface area contributed by atoms with Gasteiger partial charge in [-0.15, -0.1) is 0 Å². The van der Waals surface area contributed by atoms with Crippen molar-refractivity contribution in [1.82, 2.24) is 4.90 Å². The highest BCUT2D eigenvalue weighted by molar-refractivity contribution is 7.80. The van der Waals surface area contributed by atoms with Gasteiger partial charge in [-0.25, -0.2) is 4.39 Å². The molecule has 17 heavy (non-hydrogen) atoms. The average Bonchev–Trinajstić information content (AvgIpc) is 2.25. The summed E-state index contributed by atoms with van der Waals surface area (Å²) >= 11 is 4.83. The highest BCUT2D eigenvalue weighted by Gasteiger charge is 2.05. The lowest BCUT2D eigenvalue weighted by molar-refractivity contribution is 0.244. The Morgan fingerprint density at radius 3 is 2.76 bits per heavy atom. The van der Waals surface area contributed by atoms with Crippen molar-refractivity contribution in [3.05, 3.63) is 35.1 Å². The Bertz CT molecular complexity index is 398. The molecule has 3 nitrogen and oxygen atoms in total. The van der Waals surface area contributed by atoms with Gasteiger partial charge in [0, 0.05) is 25.3 Å². The maximum absolute atomic E-state index is 13.3. The summed E-state index contributed by atoms with van der Waals surface area (Å²) in [5.74, 6) is -0.333. The molecule has 0 amide bonds. The maximum Gasteiger partial charge on any atom is 0.124 e. The van der Waals surface area contributed by atoms with E-state index in [0.29, 0.717) is 18.5 Å². The van der Waals surface area contributed by atoms with E-state index in [1.807, 2.05) is 11.9 Å². The van der Waals surface area contributed by atoms with Gasteiger partial charge in [-0.05, 0) is 37.2 Å². The summed E-state index contributed by atoms with van der Waals surface area (Å²) in [6.45, 7) is 1.52. The number of aliphatic hydroxyl groups is 1. The number of thiocarbonyl (C=S) groups is 1. The van der Waals surface area contributed by atoms with Gasteiger partial charge in [-0.2, -0.15) is 0 Å². The van der Waals surface area contributed by atoms with Gasteiger partial charge in [0.05, 0.1) is 0 Å². The Morgan fingerprint density at radius 1 is 1.47 bits per heavy atom. The topological polar surface area (TPSA) is 49.5 Å². The van der Waals surface area contributed by atoms with Crippen LogP contribution in [0.25, 0.3) is 0 Å². The van der Waals surface area contributed by atoms with Crippen LogP contribution in [0, 0.1) is 5.82 Å². The fraction of sp³-hybridized carbons (Fsp3) is 0.417. The quantitative estimate of drug-likeness (QED) is 0.753. The van der Waals surface area contributed by atoms with E-state index in [-0.39, 0.29) is 17.4 Å². The molecule has 1 rings (SSSR count). The fourth-order valence-corrected chi connectivity index (χ4v) is 1.73. The molecule has 0 unspecified atom stereocenters. The summed E-state index contributed by atoms with van der Waals surface area (Å²) in [7, 11) is 1.92. The Kier molecular flexibility index (Phi) is 5.47. The van der Waals surface area contributed by atoms with Crippen LogP contribution in [-0.2, 0) is 6.54 Å². The molecular weight excluding hydrogens is 239 g/mol. The number of hydrogen-bond acceptors (Lipinski definition) is 3. The molecule has 0 spiro atoms. The molecule has 0 aliphatic carbocycles. The van der Waals surface area contributed by atoms with Gasteiger partial charge in [0.15, 0.2) is 0 Å². The number of benzene rings is 1. The smallest absolute Gasteiger partial charge is 0.124 e. The summed E-state index contributed by atoms with van der Waals surface area (Å²) in [5, 5.41) is 8.72. The van der Waals surface area contributed by atoms with Gasteiger partial charge in [-0.1, -0.05) is 12.2 Å². The number of aliphatic hydroxyl groups excluding tert-OH is 1. The Morgan fingerprint density at radius 2 is 2.18 bits per heavy atom. The minimum atomic E-state index is -0.333. The Hall–Kier alpha value is -1.04. The zero-order valence-electron chi connectivity index (χ0n) is 9.82. The van der Waals surface area contributed by atoms with E-state index < -0.39 is 0 Å². The Labute approximate surface area is 106 Å². The highest BCUT2D eigenvalue weighted by Crippen LogP contribution is 2.11. The third-order valence-electron chi connectivity index (χ3n) is 2.39. The second-order valence-electron chi connectivity index (χ2n) is 4.03. The number of nitrogens with two attached hydrogens (primary N) is 1. The third-order valence-corrected chi connectivity index (χ3v) is 2.63. The molecule has 0 saturated heterocycles. The van der Waals surface area contributed by atoms with Crippen LogP contribution in [0.15, 0.2) is 18.2 Å². The maximum atomic E-state index is 13.3. The van der Waals surface area contributed by atoms with Crippen molar-refractivity contribution in [3.63, 3.8) is 0 Å². The third kappa shape index (κ3) is 4.77. The van der Waals surface area contributed by atoms with Crippen molar-refractivity contribution in [2.45, 2.75) is 13.0 Å². The van der Waals surface area contributed by atoms with Gasteiger partial charge in [0.25, 0.3) is 0 Å². The highest BCUT2D eigenvalue weighted by atomic mass is 32.1. The van der Waals surface area contributed by atoms with E-state index in [4.69, 9.17) is 23.1 Å². The van der Waals surface area contributed by atoms with E-state index in [2.05, 4.69) is 0 Å². The van der Waals surface area contributed by atoms with Crippen LogP contribution in [0.3, 0.4) is 0 Å². The van der Waals surface area contributed by atoms with Crippen molar-refractivity contribution in [2.75, 3.05) is 20.2 Å². The van der Waals surface area contributed by atoms with Gasteiger partial charge in [0.2, 0.25) is 0 Å². The van der Waals surface area contributed by atoms with E-state index in [9.17, 15) is 4.39 Å². The van der Waals surface area contributed by atoms with Crippen LogP contribution in [0.2, 0.25) is 0 Å². The minimum absolute atomic E-state index is 0.158. The van der Waals surface area contributed by atoms with Crippen LogP contribution in [0.5, 0.6) is 0 Å². The summed E-state index contributed by atoms with van der Waals surface area (Å²) in [6, 6.07) is 4.59. The second kappa shape index (κ2) is 6.64. The minimum Gasteiger partial charge on any atom is -0.396 e. The summed E-state index contributed by atoms with van der Waals surface area (Å²) in [4.78, 5) is 2.21. The van der Waals surface area contributed by atoms with Gasteiger partial charge in [0.1, 0.15) is 10.8 Å². The van der Waals surface area contributed by atoms with Crippen LogP contribution in [0.4, 0.5) is 4.39 Å². The van der Waals surface area contributed by atoms with E-state index in [1.54, 1.807) is 6.07 Å². The molecule has 0 fully saturated rings. The first-order valence-corrected chi connectivity index (χ1v) is 5.82. The zero-order valence-corrected chi connectivity index (χ0v) is 10.6. The van der Waals surface area contributed by atoms with E-state index in [0.717, 1.165) is 12.1 Å². The predicted octanol–water partition coefficient (Wildman–Crippen LogP) is 1.27. The standard InChI is InChI=1S/C12H17FN2OS/c1-15(3-2-4-16)8-9-5-10(12(14)17)7-11(13)6-9/h5-7,16H,2-4,8H2,1H3,(H2,14,17). The van der Waals surface area contributed by atoms with Gasteiger partial charge in [-0.3, -0.25) is 0 Å². The lowest BCUT2D eigenvalue weighted by atomic mass is 10.1. The molecule has 3 N–H and O–H groups in total. The molecule has 5 heteroatoms. The summed E-state index contributed by atoms with van der Waals surface area (Å²) in [6.07, 6.45) is 0.702. The molecule has 0 heterocycles. The number of hydrogen-bond donors (Lipinski definition) is 2. The van der Waals surface area contributed by atoms with Crippen molar-refractivity contribution < 1.29 is 9.50 Å². The molecule has 0 atom stereocenters. The van der Waals surface area contributed by atoms with Crippen LogP contribution in [-0.4, -0.2) is 35.2 Å². The molecule has 0 bridgehead atoms. The first-order valence-electron chi connectivity index (χ1n) is 5.41. The predicted molar refractivity (Wildman–Crippen MR) is 70.3 cm³/mol. The van der Waals surface area contributed by atoms with Crippen LogP contribution >= 0.6 is 12.2 Å². The van der Waals surface area contributed by atoms with Gasteiger partial charge >= 0.3 is 0 Å². The molecule has 0 saturated carbocycles. The van der Waals surface area contributed by atoms with Gasteiger partial charge < -0.3 is 15.7 Å². The van der Waals surface area contributed by atoms with E-state index >= 15 is 0 Å². The number of rotatable bonds is 6. The molecule has 0 aliphatic heterocycles. The molecule has 0 radical (unpaired) electrons. The largest absolute Gasteiger partial charge is 0.396 e. The molecule has 1 aromatic carbocycles. The number of nitrogens with zero attached hydrogens (tertiary/aromatic N) is 1. The number of halogens is 1. The zero-order chi connectivity index (χ0) is 12.8. The lowest BCUT2D eigenvalue weighted by Gasteiger charge is -2.16. The summed E-state index contributed by atoms with van der Waals surface area (Å²) < 4.78 is 13.3. The van der Waals surface area contributed by atoms with Crippen LogP contribution in [0.1, 0.15) is 17.5 Å². The summed E-state index contributed by atoms with van der Waals surface area (Å²) in [5.41, 5.74) is 6.85. The molecular formula is C12H17FN2OS.